The van der Waals surface area contributed by atoms with Crippen molar-refractivity contribution in [2.24, 2.45) is 0 Å². The zero-order valence-corrected chi connectivity index (χ0v) is 5.67. The second-order valence-corrected chi connectivity index (χ2v) is 2.28. The minimum Gasteiger partial charge on any atom is -0.785 e. The van der Waals surface area contributed by atoms with Crippen molar-refractivity contribution < 1.29 is 4.74 Å². The molecule has 3 nitrogen and oxygen atoms in total. The summed E-state index contributed by atoms with van der Waals surface area (Å²) >= 11 is 0. The van der Waals surface area contributed by atoms with Crippen LogP contribution in [0.3, 0.4) is 0 Å². The maximum atomic E-state index is 10.9. The molecule has 1 aliphatic rings. The highest BCUT2D eigenvalue weighted by Crippen LogP contribution is 2.06. The lowest BCUT2D eigenvalue weighted by Crippen LogP contribution is -2.40. The Hall–Kier alpha value is -0.120. The predicted molar refractivity (Wildman–Crippen MR) is 35.0 cm³/mol. The molecule has 1 saturated heterocycles. The lowest BCUT2D eigenvalue weighted by atomic mass is 10.2. The van der Waals surface area contributed by atoms with Crippen molar-refractivity contribution in [1.82, 2.24) is 5.06 Å². The summed E-state index contributed by atoms with van der Waals surface area (Å²) in [5, 5.41) is 12.0. The molecule has 0 aromatic heterocycles. The summed E-state index contributed by atoms with van der Waals surface area (Å²) in [7, 11) is 0. The summed E-state index contributed by atoms with van der Waals surface area (Å²) in [6.45, 7) is 3.75. The first-order valence-electron chi connectivity index (χ1n) is 3.36. The molecule has 0 spiro atoms. The van der Waals surface area contributed by atoms with E-state index < -0.39 is 0 Å². The van der Waals surface area contributed by atoms with Crippen LogP contribution in [0.1, 0.15) is 13.3 Å². The van der Waals surface area contributed by atoms with Crippen LogP contribution >= 0.6 is 0 Å². The Morgan fingerprint density at radius 3 is 3.00 bits per heavy atom. The lowest BCUT2D eigenvalue weighted by Gasteiger charge is -2.39. The van der Waals surface area contributed by atoms with Gasteiger partial charge in [-0.1, -0.05) is 6.92 Å². The molecule has 0 saturated carbocycles. The number of hydrogen-bond donors (Lipinski definition) is 0. The number of hydrogen-bond acceptors (Lipinski definition) is 3. The van der Waals surface area contributed by atoms with E-state index in [1.165, 1.54) is 0 Å². The summed E-state index contributed by atoms with van der Waals surface area (Å²) in [6, 6.07) is 0.110. The molecule has 0 N–H and O–H groups in total. The van der Waals surface area contributed by atoms with E-state index in [1.807, 2.05) is 6.92 Å². The van der Waals surface area contributed by atoms with E-state index in [1.54, 1.807) is 0 Å². The summed E-state index contributed by atoms with van der Waals surface area (Å²) in [6.07, 6.45) is 0.892. The number of morpholine rings is 1. The van der Waals surface area contributed by atoms with Crippen molar-refractivity contribution in [3.63, 3.8) is 0 Å². The van der Waals surface area contributed by atoms with Crippen molar-refractivity contribution in [2.45, 2.75) is 19.4 Å². The molecular formula is C6H12NO2-. The smallest absolute Gasteiger partial charge is 0.0613 e. The van der Waals surface area contributed by atoms with Crippen LogP contribution in [0.2, 0.25) is 0 Å². The zero-order chi connectivity index (χ0) is 6.69. The fourth-order valence-corrected chi connectivity index (χ4v) is 0.961. The molecule has 1 atom stereocenters. The average Bonchev–Trinajstić information content (AvgIpc) is 1.89. The van der Waals surface area contributed by atoms with Gasteiger partial charge in [-0.2, -0.15) is 0 Å². The second kappa shape index (κ2) is 3.15. The highest BCUT2D eigenvalue weighted by atomic mass is 16.5. The molecule has 1 aliphatic heterocycles. The maximum Gasteiger partial charge on any atom is 0.0613 e. The fourth-order valence-electron chi connectivity index (χ4n) is 0.961. The number of ether oxygens (including phenoxy) is 1. The Morgan fingerprint density at radius 2 is 2.56 bits per heavy atom. The topological polar surface area (TPSA) is 35.5 Å². The quantitative estimate of drug-likeness (QED) is 0.521. The van der Waals surface area contributed by atoms with Gasteiger partial charge in [-0.25, -0.2) is 0 Å². The van der Waals surface area contributed by atoms with E-state index in [0.717, 1.165) is 11.5 Å². The predicted octanol–water partition coefficient (Wildman–Crippen LogP) is 0.595. The molecule has 9 heavy (non-hydrogen) atoms. The standard InChI is InChI=1S/C6H12NO2/c1-2-6-5-9-4-3-7(6)8/h6H,2-5H2,1H3/q-1. The summed E-state index contributed by atoms with van der Waals surface area (Å²) in [4.78, 5) is 0. The van der Waals surface area contributed by atoms with Gasteiger partial charge in [0.05, 0.1) is 13.2 Å². The SMILES string of the molecule is CCC1COCCN1[O-]. The van der Waals surface area contributed by atoms with Gasteiger partial charge >= 0.3 is 0 Å². The van der Waals surface area contributed by atoms with E-state index in [9.17, 15) is 5.21 Å². The Balaban J connectivity index is 2.30. The molecule has 1 fully saturated rings. The third-order valence-corrected chi connectivity index (χ3v) is 1.64. The summed E-state index contributed by atoms with van der Waals surface area (Å²) < 4.78 is 5.10. The van der Waals surface area contributed by atoms with Crippen LogP contribution in [0.25, 0.3) is 0 Å². The van der Waals surface area contributed by atoms with Crippen LogP contribution in [0.4, 0.5) is 0 Å². The largest absolute Gasteiger partial charge is 0.785 e. The van der Waals surface area contributed by atoms with Gasteiger partial charge in [0.2, 0.25) is 0 Å². The van der Waals surface area contributed by atoms with Crippen LogP contribution in [0.15, 0.2) is 0 Å². The molecule has 0 aliphatic carbocycles. The van der Waals surface area contributed by atoms with Crippen LogP contribution in [0, 0.1) is 5.21 Å². The maximum absolute atomic E-state index is 10.9. The van der Waals surface area contributed by atoms with E-state index in [4.69, 9.17) is 4.74 Å². The minimum atomic E-state index is 0.110. The molecule has 0 radical (unpaired) electrons. The molecule has 3 heteroatoms. The van der Waals surface area contributed by atoms with Crippen molar-refractivity contribution >= 4 is 0 Å². The van der Waals surface area contributed by atoms with E-state index in [0.29, 0.717) is 19.8 Å². The molecular weight excluding hydrogens is 118 g/mol. The van der Waals surface area contributed by atoms with Crippen molar-refractivity contribution in [3.8, 4) is 0 Å². The van der Waals surface area contributed by atoms with Crippen LogP contribution in [-0.4, -0.2) is 30.9 Å². The molecule has 1 heterocycles. The van der Waals surface area contributed by atoms with Crippen LogP contribution < -0.4 is 0 Å². The lowest BCUT2D eigenvalue weighted by molar-refractivity contribution is 0.0152. The summed E-state index contributed by atoms with van der Waals surface area (Å²) in [5.74, 6) is 0. The van der Waals surface area contributed by atoms with E-state index in [2.05, 4.69) is 0 Å². The molecule has 0 bridgehead atoms. The molecule has 0 amide bonds. The molecule has 1 rings (SSSR count). The third-order valence-electron chi connectivity index (χ3n) is 1.64. The third kappa shape index (κ3) is 1.64. The highest BCUT2D eigenvalue weighted by Gasteiger charge is 2.12. The first-order valence-corrected chi connectivity index (χ1v) is 3.36. The first kappa shape index (κ1) is 6.99. The molecule has 54 valence electrons. The highest BCUT2D eigenvalue weighted by molar-refractivity contribution is 4.73. The molecule has 0 aromatic rings. The van der Waals surface area contributed by atoms with Gasteiger partial charge in [0, 0.05) is 12.6 Å². The Morgan fingerprint density at radius 1 is 1.78 bits per heavy atom. The van der Waals surface area contributed by atoms with Gasteiger partial charge in [0.15, 0.2) is 0 Å². The monoisotopic (exact) mass is 130 g/mol. The average molecular weight is 130 g/mol. The van der Waals surface area contributed by atoms with E-state index in [-0.39, 0.29) is 6.04 Å². The van der Waals surface area contributed by atoms with E-state index >= 15 is 0 Å². The van der Waals surface area contributed by atoms with Gasteiger partial charge in [0.1, 0.15) is 0 Å². The first-order chi connectivity index (χ1) is 4.34. The van der Waals surface area contributed by atoms with Gasteiger partial charge in [0.25, 0.3) is 0 Å². The van der Waals surface area contributed by atoms with Crippen LogP contribution in [0.5, 0.6) is 0 Å². The number of hydroxylamine groups is 2. The van der Waals surface area contributed by atoms with Gasteiger partial charge in [-0.3, -0.25) is 0 Å². The van der Waals surface area contributed by atoms with Crippen molar-refractivity contribution in [2.75, 3.05) is 19.8 Å². The van der Waals surface area contributed by atoms with Crippen molar-refractivity contribution in [3.05, 3.63) is 5.21 Å². The number of rotatable bonds is 1. The number of nitrogens with zero attached hydrogens (tertiary/aromatic N) is 1. The normalized spacial score (nSPS) is 30.7. The van der Waals surface area contributed by atoms with Crippen molar-refractivity contribution in [1.29, 1.82) is 0 Å². The van der Waals surface area contributed by atoms with Gasteiger partial charge in [-0.05, 0) is 6.42 Å². The fraction of sp³-hybridized carbons (Fsp3) is 1.00. The van der Waals surface area contributed by atoms with Gasteiger partial charge < -0.3 is 15.0 Å². The minimum absolute atomic E-state index is 0.110. The van der Waals surface area contributed by atoms with Crippen LogP contribution in [-0.2, 0) is 4.74 Å². The Labute approximate surface area is 55.2 Å². The van der Waals surface area contributed by atoms with Gasteiger partial charge in [-0.15, -0.1) is 0 Å². The zero-order valence-electron chi connectivity index (χ0n) is 5.67. The Bertz CT molecular complexity index is 87.1. The second-order valence-electron chi connectivity index (χ2n) is 2.28. The molecule has 1 unspecified atom stereocenters. The molecule has 0 aromatic carbocycles. The summed E-state index contributed by atoms with van der Waals surface area (Å²) in [5.41, 5.74) is 0. The Kier molecular flexibility index (Phi) is 2.45.